The third-order valence-electron chi connectivity index (χ3n) is 7.55. The molecule has 0 aromatic rings. The predicted molar refractivity (Wildman–Crippen MR) is 139 cm³/mol. The summed E-state index contributed by atoms with van der Waals surface area (Å²) in [5, 5.41) is 0. The fraction of sp³-hybridized carbons (Fsp3) is 1.00. The standard InChI is InChI=1S/C28H59NO3/c1-14-16-30-25(7,8)17-24(18-26(9,10)31-19-22(5)21(3)4)28(13,15-2)32-20-23(6)27(11,12)29/h21-24H,14-20,29H2,1-13H3. The zero-order valence-corrected chi connectivity index (χ0v) is 24.1. The average Bonchev–Trinajstić information content (AvgIpc) is 2.66. The van der Waals surface area contributed by atoms with Crippen molar-refractivity contribution in [3.8, 4) is 0 Å². The van der Waals surface area contributed by atoms with Crippen molar-refractivity contribution in [3.63, 3.8) is 0 Å². The molecule has 0 aromatic carbocycles. The molecule has 0 aliphatic heterocycles. The molecule has 0 radical (unpaired) electrons. The van der Waals surface area contributed by atoms with E-state index in [1.165, 1.54) is 0 Å². The normalized spacial score (nSPS) is 18.5. The predicted octanol–water partition coefficient (Wildman–Crippen LogP) is 7.23. The summed E-state index contributed by atoms with van der Waals surface area (Å²) in [4.78, 5) is 0. The number of hydrogen-bond donors (Lipinski definition) is 1. The first-order valence-electron chi connectivity index (χ1n) is 13.1. The van der Waals surface area contributed by atoms with Gasteiger partial charge in [0.15, 0.2) is 0 Å². The van der Waals surface area contributed by atoms with Crippen LogP contribution in [0, 0.1) is 23.7 Å². The second-order valence-electron chi connectivity index (χ2n) is 12.7. The van der Waals surface area contributed by atoms with Crippen LogP contribution in [0.15, 0.2) is 0 Å². The molecule has 2 N–H and O–H groups in total. The van der Waals surface area contributed by atoms with Crippen molar-refractivity contribution in [1.82, 2.24) is 0 Å². The van der Waals surface area contributed by atoms with E-state index in [2.05, 4.69) is 90.0 Å². The number of ether oxygens (including phenoxy) is 3. The second-order valence-corrected chi connectivity index (χ2v) is 12.7. The van der Waals surface area contributed by atoms with Crippen molar-refractivity contribution in [2.75, 3.05) is 19.8 Å². The van der Waals surface area contributed by atoms with Gasteiger partial charge in [0.1, 0.15) is 0 Å². The van der Waals surface area contributed by atoms with E-state index in [0.717, 1.165) is 38.9 Å². The highest BCUT2D eigenvalue weighted by molar-refractivity contribution is 4.92. The van der Waals surface area contributed by atoms with Gasteiger partial charge in [0.2, 0.25) is 0 Å². The molecular weight excluding hydrogens is 398 g/mol. The van der Waals surface area contributed by atoms with Crippen molar-refractivity contribution >= 4 is 0 Å². The van der Waals surface area contributed by atoms with E-state index in [9.17, 15) is 0 Å². The van der Waals surface area contributed by atoms with Gasteiger partial charge in [-0.1, -0.05) is 41.5 Å². The monoisotopic (exact) mass is 457 g/mol. The van der Waals surface area contributed by atoms with Gasteiger partial charge in [0.25, 0.3) is 0 Å². The highest BCUT2D eigenvalue weighted by atomic mass is 16.5. The second kappa shape index (κ2) is 13.1. The maximum Gasteiger partial charge on any atom is 0.0682 e. The molecule has 0 amide bonds. The highest BCUT2D eigenvalue weighted by Gasteiger charge is 2.42. The minimum Gasteiger partial charge on any atom is -0.376 e. The van der Waals surface area contributed by atoms with Crippen LogP contribution in [0.3, 0.4) is 0 Å². The average molecular weight is 458 g/mol. The minimum atomic E-state index is -0.267. The maximum atomic E-state index is 6.70. The van der Waals surface area contributed by atoms with Crippen LogP contribution in [0.1, 0.15) is 116 Å². The van der Waals surface area contributed by atoms with Gasteiger partial charge in [-0.25, -0.2) is 0 Å². The van der Waals surface area contributed by atoms with E-state index in [1.54, 1.807) is 0 Å². The van der Waals surface area contributed by atoms with E-state index in [-0.39, 0.29) is 28.3 Å². The molecule has 4 unspecified atom stereocenters. The van der Waals surface area contributed by atoms with E-state index in [1.807, 2.05) is 0 Å². The van der Waals surface area contributed by atoms with Gasteiger partial charge < -0.3 is 19.9 Å². The lowest BCUT2D eigenvalue weighted by Gasteiger charge is -2.45. The Kier molecular flexibility index (Phi) is 13.0. The molecule has 0 aliphatic carbocycles. The van der Waals surface area contributed by atoms with Crippen LogP contribution in [0.2, 0.25) is 0 Å². The number of rotatable bonds is 17. The van der Waals surface area contributed by atoms with Gasteiger partial charge in [-0.05, 0) is 97.8 Å². The van der Waals surface area contributed by atoms with Crippen molar-refractivity contribution < 1.29 is 14.2 Å². The molecule has 194 valence electrons. The molecule has 0 aliphatic rings. The largest absolute Gasteiger partial charge is 0.376 e. The lowest BCUT2D eigenvalue weighted by molar-refractivity contribution is -0.144. The third-order valence-corrected chi connectivity index (χ3v) is 7.55. The molecule has 0 saturated heterocycles. The van der Waals surface area contributed by atoms with Crippen LogP contribution in [-0.4, -0.2) is 42.2 Å². The Bertz CT molecular complexity index is 509. The fourth-order valence-corrected chi connectivity index (χ4v) is 3.78. The van der Waals surface area contributed by atoms with Gasteiger partial charge in [-0.15, -0.1) is 0 Å². The molecule has 0 heterocycles. The van der Waals surface area contributed by atoms with Crippen LogP contribution >= 0.6 is 0 Å². The Labute approximate surface area is 201 Å². The number of hydrogen-bond acceptors (Lipinski definition) is 4. The summed E-state index contributed by atoms with van der Waals surface area (Å²) in [5.41, 5.74) is 5.39. The summed E-state index contributed by atoms with van der Waals surface area (Å²) in [6, 6.07) is 0. The zero-order valence-electron chi connectivity index (χ0n) is 24.1. The Balaban J connectivity index is 5.67. The fourth-order valence-electron chi connectivity index (χ4n) is 3.78. The minimum absolute atomic E-state index is 0.208. The molecule has 0 spiro atoms. The van der Waals surface area contributed by atoms with Gasteiger partial charge in [0.05, 0.1) is 30.0 Å². The van der Waals surface area contributed by atoms with Crippen LogP contribution in [0.25, 0.3) is 0 Å². The molecule has 0 fully saturated rings. The van der Waals surface area contributed by atoms with E-state index in [0.29, 0.717) is 24.4 Å². The molecule has 4 heteroatoms. The molecule has 0 aromatic heterocycles. The Morgan fingerprint density at radius 2 is 1.22 bits per heavy atom. The molecule has 4 nitrogen and oxygen atoms in total. The van der Waals surface area contributed by atoms with Crippen LogP contribution in [0.5, 0.6) is 0 Å². The lowest BCUT2D eigenvalue weighted by atomic mass is 9.74. The Hall–Kier alpha value is -0.160. The van der Waals surface area contributed by atoms with Crippen molar-refractivity contribution in [2.45, 2.75) is 138 Å². The van der Waals surface area contributed by atoms with Gasteiger partial charge in [-0.2, -0.15) is 0 Å². The van der Waals surface area contributed by atoms with Crippen molar-refractivity contribution in [1.29, 1.82) is 0 Å². The Morgan fingerprint density at radius 1 is 0.719 bits per heavy atom. The van der Waals surface area contributed by atoms with Crippen molar-refractivity contribution in [3.05, 3.63) is 0 Å². The first-order chi connectivity index (χ1) is 14.4. The van der Waals surface area contributed by atoms with Crippen LogP contribution in [-0.2, 0) is 14.2 Å². The number of nitrogens with two attached hydrogens (primary N) is 1. The molecule has 0 rings (SSSR count). The first-order valence-corrected chi connectivity index (χ1v) is 13.1. The first kappa shape index (κ1) is 31.8. The van der Waals surface area contributed by atoms with Gasteiger partial charge in [-0.3, -0.25) is 0 Å². The van der Waals surface area contributed by atoms with Gasteiger partial charge in [0, 0.05) is 12.1 Å². The van der Waals surface area contributed by atoms with Gasteiger partial charge >= 0.3 is 0 Å². The van der Waals surface area contributed by atoms with E-state index >= 15 is 0 Å². The summed E-state index contributed by atoms with van der Waals surface area (Å²) in [5.74, 6) is 1.73. The van der Waals surface area contributed by atoms with Crippen LogP contribution in [0.4, 0.5) is 0 Å². The molecular formula is C28H59NO3. The van der Waals surface area contributed by atoms with E-state index < -0.39 is 0 Å². The lowest BCUT2D eigenvalue weighted by Crippen LogP contribution is -2.48. The maximum absolute atomic E-state index is 6.70. The molecule has 32 heavy (non-hydrogen) atoms. The summed E-state index contributed by atoms with van der Waals surface area (Å²) in [6.07, 6.45) is 3.84. The smallest absolute Gasteiger partial charge is 0.0682 e. The molecule has 0 bridgehead atoms. The topological polar surface area (TPSA) is 53.7 Å². The summed E-state index contributed by atoms with van der Waals surface area (Å²) in [7, 11) is 0. The SMILES string of the molecule is CCCOC(C)(C)CC(CC(C)(C)OCC(C)C(C)C)C(C)(CC)OCC(C)C(C)(C)N. The van der Waals surface area contributed by atoms with Crippen LogP contribution < -0.4 is 5.73 Å². The molecule has 0 saturated carbocycles. The summed E-state index contributed by atoms with van der Waals surface area (Å²) in [6.45, 7) is 30.9. The zero-order chi connectivity index (χ0) is 25.4. The highest BCUT2D eigenvalue weighted by Crippen LogP contribution is 2.40. The quantitative estimate of drug-likeness (QED) is 0.250. The van der Waals surface area contributed by atoms with E-state index in [4.69, 9.17) is 19.9 Å². The summed E-state index contributed by atoms with van der Waals surface area (Å²) < 4.78 is 19.4. The summed E-state index contributed by atoms with van der Waals surface area (Å²) >= 11 is 0. The molecule has 4 atom stereocenters. The third kappa shape index (κ3) is 11.8. The van der Waals surface area contributed by atoms with Crippen molar-refractivity contribution in [2.24, 2.45) is 29.4 Å². The Morgan fingerprint density at radius 3 is 1.62 bits per heavy atom.